The Bertz CT molecular complexity index is 1950. The fourth-order valence-electron chi connectivity index (χ4n) is 3.10. The van der Waals surface area contributed by atoms with E-state index < -0.39 is 90.5 Å². The Morgan fingerprint density at radius 1 is 0.767 bits per heavy atom. The van der Waals surface area contributed by atoms with Crippen molar-refractivity contribution in [3.63, 3.8) is 0 Å². The van der Waals surface area contributed by atoms with Gasteiger partial charge >= 0.3 is 118 Å². The molecule has 0 saturated heterocycles. The van der Waals surface area contributed by atoms with E-state index >= 15 is 0 Å². The van der Waals surface area contributed by atoms with Crippen molar-refractivity contribution in [2.45, 2.75) is 14.7 Å². The SMILES string of the molecule is O=C([O-])/C=C/C([O-])=Nc1cc(S(=O)(=O)[O-])cc2cc(S(=O)(=O)O)c(N=Nc3ccccc3S(=O)(=O)O)c([O-])c12.[Na+].[Na+].[Na+].[Na+]. The number of carboxylic acid groups (broad SMARTS) is 1. The monoisotopic (exact) mass is 689 g/mol. The molecule has 3 aromatic carbocycles. The molecule has 23 heteroatoms. The summed E-state index contributed by atoms with van der Waals surface area (Å²) in [7, 11) is -15.5. The summed E-state index contributed by atoms with van der Waals surface area (Å²) >= 11 is 0. The Kier molecular flexibility index (Phi) is 18.4. The Labute approximate surface area is 332 Å². The van der Waals surface area contributed by atoms with Crippen molar-refractivity contribution >= 4 is 70.1 Å². The van der Waals surface area contributed by atoms with Gasteiger partial charge in [0.1, 0.15) is 25.6 Å². The minimum atomic E-state index is -5.32. The van der Waals surface area contributed by atoms with Gasteiger partial charge in [0.25, 0.3) is 20.2 Å². The molecule has 0 aromatic heterocycles. The predicted molar refractivity (Wildman–Crippen MR) is 123 cm³/mol. The third kappa shape index (κ3) is 11.8. The predicted octanol–water partition coefficient (Wildman–Crippen LogP) is -12.6. The summed E-state index contributed by atoms with van der Waals surface area (Å²) < 4.78 is 101. The second-order valence-corrected chi connectivity index (χ2v) is 11.4. The number of hydrogen-bond acceptors (Lipinski definition) is 14. The van der Waals surface area contributed by atoms with Crippen LogP contribution in [0.2, 0.25) is 0 Å². The van der Waals surface area contributed by atoms with Crippen LogP contribution >= 0.6 is 0 Å². The molecule has 206 valence electrons. The zero-order valence-electron chi connectivity index (χ0n) is 22.6. The molecule has 2 N–H and O–H groups in total. The van der Waals surface area contributed by atoms with E-state index in [-0.39, 0.29) is 124 Å². The Morgan fingerprint density at radius 3 is 1.84 bits per heavy atom. The summed E-state index contributed by atoms with van der Waals surface area (Å²) in [4.78, 5) is 10.8. The summed E-state index contributed by atoms with van der Waals surface area (Å²) in [6.45, 7) is 0. The summed E-state index contributed by atoms with van der Waals surface area (Å²) in [6, 6.07) is 5.88. The van der Waals surface area contributed by atoms with Gasteiger partial charge in [-0.2, -0.15) is 16.8 Å². The summed E-state index contributed by atoms with van der Waals surface area (Å²) in [5, 5.41) is 41.4. The second-order valence-electron chi connectivity index (χ2n) is 7.27. The Morgan fingerprint density at radius 2 is 1.33 bits per heavy atom. The van der Waals surface area contributed by atoms with Crippen LogP contribution in [0.4, 0.5) is 17.1 Å². The molecule has 0 saturated carbocycles. The van der Waals surface area contributed by atoms with E-state index in [1.165, 1.54) is 12.1 Å². The second kappa shape index (κ2) is 17.6. The van der Waals surface area contributed by atoms with Crippen LogP contribution in [0.5, 0.6) is 5.75 Å². The van der Waals surface area contributed by atoms with Gasteiger partial charge in [0, 0.05) is 5.39 Å². The molecule has 0 spiro atoms. The molecule has 0 heterocycles. The zero-order chi connectivity index (χ0) is 29.3. The van der Waals surface area contributed by atoms with Gasteiger partial charge in [0.15, 0.2) is 0 Å². The number of carbonyl (C=O) groups is 1. The third-order valence-corrected chi connectivity index (χ3v) is 7.22. The van der Waals surface area contributed by atoms with Crippen LogP contribution in [0.15, 0.2) is 84.5 Å². The fourth-order valence-corrected chi connectivity index (χ4v) is 4.91. The number of fused-ring (bicyclic) bond motifs is 1. The van der Waals surface area contributed by atoms with Crippen LogP contribution in [0.3, 0.4) is 0 Å². The topological polar surface area (TPSA) is 289 Å². The molecule has 0 atom stereocenters. The van der Waals surface area contributed by atoms with Crippen molar-refractivity contribution < 1.29 is 177 Å². The minimum absolute atomic E-state index is 0. The van der Waals surface area contributed by atoms with Crippen LogP contribution in [0, 0.1) is 0 Å². The molecule has 0 aliphatic carbocycles. The molecule has 0 unspecified atom stereocenters. The van der Waals surface area contributed by atoms with Crippen molar-refractivity contribution in [3.8, 4) is 5.75 Å². The van der Waals surface area contributed by atoms with E-state index in [0.717, 1.165) is 12.1 Å². The molecule has 0 amide bonds. The van der Waals surface area contributed by atoms with Crippen LogP contribution in [0.25, 0.3) is 10.8 Å². The van der Waals surface area contributed by atoms with Gasteiger partial charge in [-0.1, -0.05) is 17.9 Å². The quantitative estimate of drug-likeness (QED) is 0.0555. The maximum absolute atomic E-state index is 13.3. The Hall–Kier alpha value is -0.270. The maximum Gasteiger partial charge on any atom is 1.00 e. The smallest absolute Gasteiger partial charge is 0.870 e. The maximum atomic E-state index is 13.3. The molecule has 0 aliphatic heterocycles. The normalized spacial score (nSPS) is 12.2. The molecule has 0 bridgehead atoms. The van der Waals surface area contributed by atoms with Crippen LogP contribution in [-0.4, -0.2) is 50.8 Å². The van der Waals surface area contributed by atoms with Crippen molar-refractivity contribution in [3.05, 3.63) is 54.6 Å². The fraction of sp³-hybridized carbons (Fsp3) is 0. The van der Waals surface area contributed by atoms with Crippen molar-refractivity contribution in [2.24, 2.45) is 15.2 Å². The number of carboxylic acids is 1. The van der Waals surface area contributed by atoms with E-state index in [9.17, 15) is 59.0 Å². The summed E-state index contributed by atoms with van der Waals surface area (Å²) in [6.07, 6.45) is 0.618. The van der Waals surface area contributed by atoms with Gasteiger partial charge in [0.05, 0.1) is 22.2 Å². The molecule has 0 radical (unpaired) electrons. The average Bonchev–Trinajstić information content (AvgIpc) is 2.80. The number of carbonyl (C=O) groups excluding carboxylic acids is 1. The molecule has 16 nitrogen and oxygen atoms in total. The molecule has 0 fully saturated rings. The number of rotatable bonds is 8. The van der Waals surface area contributed by atoms with Crippen LogP contribution in [0.1, 0.15) is 0 Å². The van der Waals surface area contributed by atoms with Gasteiger partial charge in [-0.3, -0.25) is 14.1 Å². The molecule has 0 aliphatic rings. The summed E-state index contributed by atoms with van der Waals surface area (Å²) in [5.41, 5.74) is -2.57. The van der Waals surface area contributed by atoms with E-state index in [4.69, 9.17) is 0 Å². The van der Waals surface area contributed by atoms with E-state index in [1.807, 2.05) is 0 Å². The number of aliphatic carboxylic acids is 1. The minimum Gasteiger partial charge on any atom is -0.870 e. The van der Waals surface area contributed by atoms with Gasteiger partial charge in [-0.05, 0) is 53.8 Å². The first kappa shape index (κ1) is 44.9. The summed E-state index contributed by atoms with van der Waals surface area (Å²) in [5.74, 6) is -4.63. The van der Waals surface area contributed by atoms with Gasteiger partial charge in [-0.25, -0.2) is 8.42 Å². The van der Waals surface area contributed by atoms with E-state index in [1.54, 1.807) is 0 Å². The van der Waals surface area contributed by atoms with Crippen LogP contribution < -0.4 is 134 Å². The van der Waals surface area contributed by atoms with Crippen LogP contribution in [-0.2, 0) is 35.1 Å². The van der Waals surface area contributed by atoms with Crippen molar-refractivity contribution in [2.75, 3.05) is 0 Å². The number of aliphatic imine (C=N–C) groups is 1. The first-order chi connectivity index (χ1) is 17.9. The van der Waals surface area contributed by atoms with Crippen molar-refractivity contribution in [1.82, 2.24) is 0 Å². The van der Waals surface area contributed by atoms with E-state index in [2.05, 4.69) is 15.2 Å². The van der Waals surface area contributed by atoms with E-state index in [0.29, 0.717) is 24.3 Å². The number of benzene rings is 3. The first-order valence-corrected chi connectivity index (χ1v) is 14.1. The largest absolute Gasteiger partial charge is 1.00 e. The molecule has 43 heavy (non-hydrogen) atoms. The molecule has 3 rings (SSSR count). The zero-order valence-corrected chi connectivity index (χ0v) is 33.1. The Balaban J connectivity index is 0. The van der Waals surface area contributed by atoms with Crippen molar-refractivity contribution in [1.29, 1.82) is 0 Å². The molecule has 3 aromatic rings. The third-order valence-electron chi connectivity index (χ3n) is 4.64. The van der Waals surface area contributed by atoms with Gasteiger partial charge in [0.2, 0.25) is 0 Å². The average molecular weight is 689 g/mol. The standard InChI is InChI=1S/C20H15N3O13S3.4Na/c24-16(5-6-17(25)26)21-13-9-11(37(28,29)30)7-10-8-15(39(34,35)36)19(20(27)18(10)13)23-22-12-3-1-2-4-14(12)38(31,32)33;;;;/h1-9,27H,(H,21,24)(H,25,26)(H,28,29,30)(H,31,32,33)(H,34,35,36);;;;/q;4*+1/p-4/b6-5+,23-22?;;;;. The molecular weight excluding hydrogens is 678 g/mol. The number of hydrogen-bond donors (Lipinski definition) is 2. The number of nitrogens with zero attached hydrogens (tertiary/aromatic N) is 3. The molecular formula is C20H11N3Na4O13S3. The van der Waals surface area contributed by atoms with Gasteiger partial charge < -0.3 is 24.7 Å². The van der Waals surface area contributed by atoms with Gasteiger partial charge in [-0.15, -0.1) is 10.2 Å². The number of azo groups is 1. The first-order valence-electron chi connectivity index (χ1n) is 9.78.